The van der Waals surface area contributed by atoms with Gasteiger partial charge in [0.05, 0.1) is 31.2 Å². The van der Waals surface area contributed by atoms with Crippen LogP contribution < -0.4 is 15.4 Å². The molecule has 0 atom stereocenters. The van der Waals surface area contributed by atoms with Gasteiger partial charge in [-0.15, -0.1) is 0 Å². The third-order valence-corrected chi connectivity index (χ3v) is 5.02. The van der Waals surface area contributed by atoms with Crippen LogP contribution in [0.15, 0.2) is 59.6 Å². The van der Waals surface area contributed by atoms with Crippen LogP contribution in [0, 0.1) is 10.1 Å². The van der Waals surface area contributed by atoms with Gasteiger partial charge in [-0.25, -0.2) is 4.99 Å². The van der Waals surface area contributed by atoms with E-state index in [0.29, 0.717) is 25.7 Å². The summed E-state index contributed by atoms with van der Waals surface area (Å²) in [4.78, 5) is 17.5. The van der Waals surface area contributed by atoms with Crippen LogP contribution in [0.5, 0.6) is 5.75 Å². The first-order valence-electron chi connectivity index (χ1n) is 10.9. The van der Waals surface area contributed by atoms with Crippen molar-refractivity contribution in [3.8, 4) is 5.75 Å². The number of rotatable bonds is 11. The van der Waals surface area contributed by atoms with E-state index >= 15 is 0 Å². The van der Waals surface area contributed by atoms with Gasteiger partial charge in [-0.1, -0.05) is 30.3 Å². The van der Waals surface area contributed by atoms with Crippen LogP contribution in [0.1, 0.15) is 12.0 Å². The van der Waals surface area contributed by atoms with E-state index in [9.17, 15) is 10.1 Å². The van der Waals surface area contributed by atoms with Gasteiger partial charge in [0.25, 0.3) is 5.69 Å². The number of nitro groups is 1. The van der Waals surface area contributed by atoms with Gasteiger partial charge in [0, 0.05) is 31.8 Å². The number of aliphatic imine (C=N–C) groups is 1. The SMILES string of the molecule is O=[N+]([O-])c1ccc(CN=C(NCCCN2CCOCC2)NCCOc2ccccc2)cc1. The molecule has 0 radical (unpaired) electrons. The van der Waals surface area contributed by atoms with E-state index in [-0.39, 0.29) is 5.69 Å². The highest BCUT2D eigenvalue weighted by molar-refractivity contribution is 5.79. The van der Waals surface area contributed by atoms with Crippen LogP contribution in [-0.2, 0) is 11.3 Å². The van der Waals surface area contributed by atoms with E-state index < -0.39 is 4.92 Å². The number of para-hydroxylation sites is 1. The zero-order valence-electron chi connectivity index (χ0n) is 18.2. The summed E-state index contributed by atoms with van der Waals surface area (Å²) in [5.74, 6) is 1.53. The lowest BCUT2D eigenvalue weighted by Gasteiger charge is -2.26. The molecule has 0 aliphatic carbocycles. The number of hydrogen-bond donors (Lipinski definition) is 2. The normalized spacial score (nSPS) is 14.7. The second-order valence-electron chi connectivity index (χ2n) is 7.41. The van der Waals surface area contributed by atoms with Crippen molar-refractivity contribution < 1.29 is 14.4 Å². The maximum absolute atomic E-state index is 10.8. The Morgan fingerprint density at radius 3 is 2.50 bits per heavy atom. The summed E-state index contributed by atoms with van der Waals surface area (Å²) in [6.07, 6.45) is 0.999. The smallest absolute Gasteiger partial charge is 0.269 e. The number of guanidine groups is 1. The molecule has 2 N–H and O–H groups in total. The number of ether oxygens (including phenoxy) is 2. The zero-order chi connectivity index (χ0) is 22.4. The molecule has 2 aromatic carbocycles. The average Bonchev–Trinajstić information content (AvgIpc) is 2.84. The Hall–Kier alpha value is -3.17. The van der Waals surface area contributed by atoms with Gasteiger partial charge < -0.3 is 20.1 Å². The quantitative estimate of drug-likeness (QED) is 0.182. The molecule has 0 amide bonds. The van der Waals surface area contributed by atoms with Crippen LogP contribution in [0.25, 0.3) is 0 Å². The van der Waals surface area contributed by atoms with Gasteiger partial charge >= 0.3 is 0 Å². The zero-order valence-corrected chi connectivity index (χ0v) is 18.2. The van der Waals surface area contributed by atoms with E-state index in [2.05, 4.69) is 20.5 Å². The van der Waals surface area contributed by atoms with Crippen molar-refractivity contribution in [2.75, 3.05) is 52.5 Å². The van der Waals surface area contributed by atoms with Crippen molar-refractivity contribution in [1.82, 2.24) is 15.5 Å². The van der Waals surface area contributed by atoms with Crippen molar-refractivity contribution >= 4 is 11.6 Å². The number of hydrogen-bond acceptors (Lipinski definition) is 6. The van der Waals surface area contributed by atoms with Crippen LogP contribution in [0.3, 0.4) is 0 Å². The van der Waals surface area contributed by atoms with Crippen molar-refractivity contribution in [3.63, 3.8) is 0 Å². The summed E-state index contributed by atoms with van der Waals surface area (Å²) in [7, 11) is 0. The van der Waals surface area contributed by atoms with E-state index in [0.717, 1.165) is 57.1 Å². The van der Waals surface area contributed by atoms with Crippen molar-refractivity contribution in [2.45, 2.75) is 13.0 Å². The Bertz CT molecular complexity index is 839. The van der Waals surface area contributed by atoms with Crippen molar-refractivity contribution in [2.24, 2.45) is 4.99 Å². The maximum atomic E-state index is 10.8. The predicted molar refractivity (Wildman–Crippen MR) is 124 cm³/mol. The number of benzene rings is 2. The molecule has 2 aromatic rings. The van der Waals surface area contributed by atoms with Gasteiger partial charge in [-0.2, -0.15) is 0 Å². The fourth-order valence-corrected chi connectivity index (χ4v) is 3.26. The molecular formula is C23H31N5O4. The molecule has 0 saturated carbocycles. The van der Waals surface area contributed by atoms with Crippen molar-refractivity contribution in [3.05, 3.63) is 70.3 Å². The minimum Gasteiger partial charge on any atom is -0.492 e. The standard InChI is InChI=1S/C23H31N5O4/c29-28(30)21-9-7-20(8-10-21)19-26-23(24-11-4-13-27-14-17-31-18-15-27)25-12-16-32-22-5-2-1-3-6-22/h1-3,5-10H,4,11-19H2,(H2,24,25,26). The molecule has 9 nitrogen and oxygen atoms in total. The highest BCUT2D eigenvalue weighted by Gasteiger charge is 2.09. The Kier molecular flexibility index (Phi) is 9.75. The Morgan fingerprint density at radius 2 is 1.78 bits per heavy atom. The molecule has 0 bridgehead atoms. The van der Waals surface area contributed by atoms with E-state index in [1.165, 1.54) is 12.1 Å². The topological polar surface area (TPSA) is 101 Å². The molecule has 0 unspecified atom stereocenters. The van der Waals surface area contributed by atoms with Gasteiger partial charge in [0.15, 0.2) is 5.96 Å². The maximum Gasteiger partial charge on any atom is 0.269 e. The lowest BCUT2D eigenvalue weighted by Crippen LogP contribution is -2.41. The van der Waals surface area contributed by atoms with Crippen LogP contribution in [-0.4, -0.2) is 68.3 Å². The summed E-state index contributed by atoms with van der Waals surface area (Å²) < 4.78 is 11.1. The Balaban J connectivity index is 1.47. The molecule has 1 saturated heterocycles. The van der Waals surface area contributed by atoms with Gasteiger partial charge in [-0.05, 0) is 30.7 Å². The van der Waals surface area contributed by atoms with E-state index in [1.54, 1.807) is 12.1 Å². The van der Waals surface area contributed by atoms with E-state index in [4.69, 9.17) is 9.47 Å². The number of nitro benzene ring substituents is 1. The number of nitrogens with zero attached hydrogens (tertiary/aromatic N) is 3. The predicted octanol–water partition coefficient (Wildman–Crippen LogP) is 2.43. The largest absolute Gasteiger partial charge is 0.492 e. The molecular weight excluding hydrogens is 410 g/mol. The van der Waals surface area contributed by atoms with Gasteiger partial charge in [-0.3, -0.25) is 15.0 Å². The minimum atomic E-state index is -0.400. The molecule has 1 heterocycles. The average molecular weight is 442 g/mol. The number of morpholine rings is 1. The summed E-state index contributed by atoms with van der Waals surface area (Å²) in [5, 5.41) is 17.5. The minimum absolute atomic E-state index is 0.0791. The number of non-ortho nitro benzene ring substituents is 1. The third-order valence-electron chi connectivity index (χ3n) is 5.02. The molecule has 1 fully saturated rings. The molecule has 9 heteroatoms. The summed E-state index contributed by atoms with van der Waals surface area (Å²) in [6.45, 7) is 6.92. The second-order valence-corrected chi connectivity index (χ2v) is 7.41. The molecule has 0 spiro atoms. The summed E-state index contributed by atoms with van der Waals surface area (Å²) in [6, 6.07) is 16.1. The van der Waals surface area contributed by atoms with Crippen LogP contribution >= 0.6 is 0 Å². The fourth-order valence-electron chi connectivity index (χ4n) is 3.26. The molecule has 32 heavy (non-hydrogen) atoms. The van der Waals surface area contributed by atoms with Crippen LogP contribution in [0.4, 0.5) is 5.69 Å². The van der Waals surface area contributed by atoms with E-state index in [1.807, 2.05) is 30.3 Å². The Morgan fingerprint density at radius 1 is 1.06 bits per heavy atom. The lowest BCUT2D eigenvalue weighted by atomic mass is 10.2. The van der Waals surface area contributed by atoms with Crippen LogP contribution in [0.2, 0.25) is 0 Å². The number of nitrogens with one attached hydrogen (secondary N) is 2. The van der Waals surface area contributed by atoms with Crippen molar-refractivity contribution in [1.29, 1.82) is 0 Å². The third kappa shape index (κ3) is 8.52. The molecule has 3 rings (SSSR count). The highest BCUT2D eigenvalue weighted by Crippen LogP contribution is 2.12. The summed E-state index contributed by atoms with van der Waals surface area (Å²) >= 11 is 0. The monoisotopic (exact) mass is 441 g/mol. The second kappa shape index (κ2) is 13.3. The first kappa shape index (κ1) is 23.5. The Labute approximate surface area is 188 Å². The molecule has 172 valence electrons. The molecule has 1 aliphatic rings. The molecule has 0 aromatic heterocycles. The fraction of sp³-hybridized carbons (Fsp3) is 0.435. The molecule has 1 aliphatic heterocycles. The lowest BCUT2D eigenvalue weighted by molar-refractivity contribution is -0.384. The highest BCUT2D eigenvalue weighted by atomic mass is 16.6. The van der Waals surface area contributed by atoms with Gasteiger partial charge in [0.1, 0.15) is 12.4 Å². The van der Waals surface area contributed by atoms with Gasteiger partial charge in [0.2, 0.25) is 0 Å². The summed E-state index contributed by atoms with van der Waals surface area (Å²) in [5.41, 5.74) is 0.987. The first-order chi connectivity index (χ1) is 15.7. The first-order valence-corrected chi connectivity index (χ1v) is 10.9.